The zero-order valence-corrected chi connectivity index (χ0v) is 16.3. The van der Waals surface area contributed by atoms with Gasteiger partial charge in [-0.3, -0.25) is 14.5 Å². The molecule has 2 amide bonds. The zero-order chi connectivity index (χ0) is 18.8. The minimum atomic E-state index is -0.0875. The Kier molecular flexibility index (Phi) is 5.22. The van der Waals surface area contributed by atoms with Crippen molar-refractivity contribution in [2.45, 2.75) is 19.4 Å². The van der Waals surface area contributed by atoms with Gasteiger partial charge in [-0.05, 0) is 5.56 Å². The van der Waals surface area contributed by atoms with Crippen molar-refractivity contribution in [3.63, 3.8) is 0 Å². The van der Waals surface area contributed by atoms with E-state index in [0.29, 0.717) is 36.1 Å². The molecule has 0 spiro atoms. The number of hydrogen-bond donors (Lipinski definition) is 0. The number of carbonyl (C=O) groups is 2. The van der Waals surface area contributed by atoms with Crippen LogP contribution in [0.4, 0.5) is 0 Å². The van der Waals surface area contributed by atoms with E-state index in [9.17, 15) is 9.59 Å². The molecule has 9 heteroatoms. The molecule has 1 saturated heterocycles. The van der Waals surface area contributed by atoms with E-state index in [-0.39, 0.29) is 18.4 Å². The van der Waals surface area contributed by atoms with Crippen molar-refractivity contribution >= 4 is 40.1 Å². The molecule has 1 fully saturated rings. The molecule has 4 rings (SSSR count). The molecular weight excluding hydrogens is 382 g/mol. The molecule has 2 aliphatic heterocycles. The van der Waals surface area contributed by atoms with Gasteiger partial charge in [-0.15, -0.1) is 10.2 Å². The van der Waals surface area contributed by atoms with Crippen LogP contribution in [0.25, 0.3) is 0 Å². The number of rotatable bonds is 4. The summed E-state index contributed by atoms with van der Waals surface area (Å²) in [6.45, 7) is 1.84. The predicted molar refractivity (Wildman–Crippen MR) is 106 cm³/mol. The average molecular weight is 402 g/mol. The highest BCUT2D eigenvalue weighted by Crippen LogP contribution is 2.19. The Morgan fingerprint density at radius 2 is 1.96 bits per heavy atom. The Bertz CT molecular complexity index is 867. The van der Waals surface area contributed by atoms with Gasteiger partial charge in [-0.25, -0.2) is 0 Å². The van der Waals surface area contributed by atoms with Gasteiger partial charge < -0.3 is 9.47 Å². The minimum absolute atomic E-state index is 0.0299. The number of fused-ring (bicyclic) bond motifs is 1. The first-order valence-corrected chi connectivity index (χ1v) is 10.2. The van der Waals surface area contributed by atoms with E-state index in [2.05, 4.69) is 26.9 Å². The molecule has 0 atom stereocenters. The van der Waals surface area contributed by atoms with Crippen molar-refractivity contribution < 1.29 is 9.59 Å². The third-order valence-electron chi connectivity index (χ3n) is 4.79. The molecule has 0 aliphatic carbocycles. The van der Waals surface area contributed by atoms with Crippen molar-refractivity contribution in [3.05, 3.63) is 47.5 Å². The van der Waals surface area contributed by atoms with E-state index in [1.165, 1.54) is 22.2 Å². The fourth-order valence-electron chi connectivity index (χ4n) is 3.31. The summed E-state index contributed by atoms with van der Waals surface area (Å²) in [7, 11) is 0. The van der Waals surface area contributed by atoms with Crippen molar-refractivity contribution in [2.24, 2.45) is 0 Å². The lowest BCUT2D eigenvalue weighted by Crippen LogP contribution is -2.43. The number of hydrogen-bond acceptors (Lipinski definition) is 6. The zero-order valence-electron chi connectivity index (χ0n) is 14.7. The standard InChI is InChI=1S/C18H19N5O2S2/c24-16(11-23-17(25)12-27-18(23)26)21-7-6-14-19-20-15(22(14)9-8-21)10-13-4-2-1-3-5-13/h1-5H,6-12H2. The third kappa shape index (κ3) is 3.89. The minimum Gasteiger partial charge on any atom is -0.339 e. The largest absolute Gasteiger partial charge is 0.339 e. The summed E-state index contributed by atoms with van der Waals surface area (Å²) in [6, 6.07) is 10.2. The number of thioether (sulfide) groups is 1. The summed E-state index contributed by atoms with van der Waals surface area (Å²) in [5.74, 6) is 1.99. The average Bonchev–Trinajstić information content (AvgIpc) is 3.11. The fourth-order valence-corrected chi connectivity index (χ4v) is 4.38. The van der Waals surface area contributed by atoms with Crippen LogP contribution in [0.15, 0.2) is 30.3 Å². The monoisotopic (exact) mass is 401 g/mol. The summed E-state index contributed by atoms with van der Waals surface area (Å²) in [5.41, 5.74) is 1.18. The SMILES string of the molecule is O=C(CN1C(=O)CSC1=S)N1CCc2nnc(Cc3ccccc3)n2CC1. The lowest BCUT2D eigenvalue weighted by molar-refractivity contribution is -0.136. The molecule has 0 bridgehead atoms. The number of carbonyl (C=O) groups excluding carboxylic acids is 2. The first-order valence-electron chi connectivity index (χ1n) is 8.81. The first kappa shape index (κ1) is 18.1. The maximum Gasteiger partial charge on any atom is 0.242 e. The van der Waals surface area contributed by atoms with Crippen LogP contribution in [0, 0.1) is 0 Å². The number of amides is 2. The summed E-state index contributed by atoms with van der Waals surface area (Å²) < 4.78 is 2.60. The van der Waals surface area contributed by atoms with Gasteiger partial charge in [-0.1, -0.05) is 54.3 Å². The smallest absolute Gasteiger partial charge is 0.242 e. The number of nitrogens with zero attached hydrogens (tertiary/aromatic N) is 5. The van der Waals surface area contributed by atoms with Gasteiger partial charge in [0.15, 0.2) is 0 Å². The van der Waals surface area contributed by atoms with E-state index in [1.807, 2.05) is 18.2 Å². The van der Waals surface area contributed by atoms with Gasteiger partial charge >= 0.3 is 0 Å². The molecule has 2 aromatic rings. The molecule has 0 unspecified atom stereocenters. The molecule has 3 heterocycles. The van der Waals surface area contributed by atoms with Gasteiger partial charge in [-0.2, -0.15) is 0 Å². The molecule has 7 nitrogen and oxygen atoms in total. The number of thiocarbonyl (C=S) groups is 1. The van der Waals surface area contributed by atoms with Crippen molar-refractivity contribution in [3.8, 4) is 0 Å². The molecule has 0 N–H and O–H groups in total. The van der Waals surface area contributed by atoms with Gasteiger partial charge in [0.25, 0.3) is 0 Å². The summed E-state index contributed by atoms with van der Waals surface area (Å²) in [6.07, 6.45) is 1.37. The topological polar surface area (TPSA) is 71.3 Å². The Hall–Kier alpha value is -2.26. The summed E-state index contributed by atoms with van der Waals surface area (Å²) in [5, 5.41) is 8.66. The molecule has 0 saturated carbocycles. The van der Waals surface area contributed by atoms with Crippen LogP contribution in [-0.2, 0) is 29.0 Å². The highest BCUT2D eigenvalue weighted by Gasteiger charge is 2.30. The quantitative estimate of drug-likeness (QED) is 0.715. The van der Waals surface area contributed by atoms with Crippen molar-refractivity contribution in [1.82, 2.24) is 24.6 Å². The van der Waals surface area contributed by atoms with Gasteiger partial charge in [0.1, 0.15) is 22.5 Å². The van der Waals surface area contributed by atoms with Crippen LogP contribution in [0.1, 0.15) is 17.2 Å². The Morgan fingerprint density at radius 3 is 2.70 bits per heavy atom. The third-order valence-corrected chi connectivity index (χ3v) is 6.23. The second kappa shape index (κ2) is 7.77. The molecule has 0 radical (unpaired) electrons. The van der Waals surface area contributed by atoms with E-state index < -0.39 is 0 Å². The molecule has 1 aromatic carbocycles. The molecule has 1 aromatic heterocycles. The van der Waals surface area contributed by atoms with Crippen LogP contribution in [0.5, 0.6) is 0 Å². The van der Waals surface area contributed by atoms with E-state index >= 15 is 0 Å². The number of benzene rings is 1. The first-order chi connectivity index (χ1) is 13.1. The van der Waals surface area contributed by atoms with Gasteiger partial charge in [0.05, 0.1) is 5.75 Å². The summed E-state index contributed by atoms with van der Waals surface area (Å²) >= 11 is 6.48. The van der Waals surface area contributed by atoms with Crippen LogP contribution in [0.3, 0.4) is 0 Å². The highest BCUT2D eigenvalue weighted by atomic mass is 32.2. The van der Waals surface area contributed by atoms with Crippen molar-refractivity contribution in [1.29, 1.82) is 0 Å². The van der Waals surface area contributed by atoms with Crippen LogP contribution in [-0.4, -0.2) is 66.1 Å². The van der Waals surface area contributed by atoms with Gasteiger partial charge in [0.2, 0.25) is 11.8 Å². The van der Waals surface area contributed by atoms with E-state index in [0.717, 1.165) is 18.1 Å². The Morgan fingerprint density at radius 1 is 1.15 bits per heavy atom. The fraction of sp³-hybridized carbons (Fsp3) is 0.389. The Balaban J connectivity index is 1.42. The van der Waals surface area contributed by atoms with Crippen molar-refractivity contribution in [2.75, 3.05) is 25.4 Å². The lowest BCUT2D eigenvalue weighted by atomic mass is 10.1. The van der Waals surface area contributed by atoms with E-state index in [4.69, 9.17) is 12.2 Å². The van der Waals surface area contributed by atoms with Crippen LogP contribution < -0.4 is 0 Å². The second-order valence-electron chi connectivity index (χ2n) is 6.51. The lowest BCUT2D eigenvalue weighted by Gasteiger charge is -2.23. The molecule has 140 valence electrons. The summed E-state index contributed by atoms with van der Waals surface area (Å²) in [4.78, 5) is 27.7. The maximum absolute atomic E-state index is 12.7. The normalized spacial score (nSPS) is 17.2. The molecular formula is C18H19N5O2S2. The predicted octanol–water partition coefficient (Wildman–Crippen LogP) is 1.11. The van der Waals surface area contributed by atoms with Crippen LogP contribution >= 0.6 is 24.0 Å². The maximum atomic E-state index is 12.7. The second-order valence-corrected chi connectivity index (χ2v) is 8.12. The Labute approximate surface area is 166 Å². The van der Waals surface area contributed by atoms with Gasteiger partial charge in [0, 0.05) is 32.5 Å². The van der Waals surface area contributed by atoms with Crippen LogP contribution in [0.2, 0.25) is 0 Å². The van der Waals surface area contributed by atoms with E-state index in [1.54, 1.807) is 4.90 Å². The molecule has 27 heavy (non-hydrogen) atoms. The number of aromatic nitrogens is 3. The molecule has 2 aliphatic rings. The highest BCUT2D eigenvalue weighted by molar-refractivity contribution is 8.23.